The van der Waals surface area contributed by atoms with Crippen LogP contribution in [0.25, 0.3) is 11.0 Å². The van der Waals surface area contributed by atoms with Gasteiger partial charge in [0.1, 0.15) is 11.6 Å². The maximum Gasteiger partial charge on any atom is 0.227 e. The lowest BCUT2D eigenvalue weighted by Gasteiger charge is -2.17. The van der Waals surface area contributed by atoms with Crippen LogP contribution in [0.4, 0.5) is 5.69 Å². The van der Waals surface area contributed by atoms with Crippen LogP contribution in [-0.4, -0.2) is 28.6 Å². The van der Waals surface area contributed by atoms with Gasteiger partial charge in [0, 0.05) is 36.1 Å². The van der Waals surface area contributed by atoms with E-state index in [2.05, 4.69) is 23.6 Å². The summed E-state index contributed by atoms with van der Waals surface area (Å²) in [5, 5.41) is 0.664. The van der Waals surface area contributed by atoms with E-state index < -0.39 is 0 Å². The lowest BCUT2D eigenvalue weighted by atomic mass is 10.1. The van der Waals surface area contributed by atoms with E-state index in [-0.39, 0.29) is 11.8 Å². The SMILES string of the molecule is Cc1ccccc1OCCCn1c([C@H]2CC(=O)N(c3ccc(Cl)cc3)C2)nc2ccccc21. The zero-order chi connectivity index (χ0) is 22.8. The molecule has 0 unspecified atom stereocenters. The summed E-state index contributed by atoms with van der Waals surface area (Å²) >= 11 is 6.03. The summed E-state index contributed by atoms with van der Waals surface area (Å²) in [6.07, 6.45) is 1.30. The predicted molar refractivity (Wildman–Crippen MR) is 132 cm³/mol. The Labute approximate surface area is 198 Å². The Bertz CT molecular complexity index is 1280. The number of ether oxygens (including phenoxy) is 1. The average molecular weight is 460 g/mol. The first-order valence-corrected chi connectivity index (χ1v) is 11.7. The minimum atomic E-state index is 0.0397. The van der Waals surface area contributed by atoms with Gasteiger partial charge in [-0.05, 0) is 61.4 Å². The highest BCUT2D eigenvalue weighted by molar-refractivity contribution is 6.30. The standard InChI is InChI=1S/C27H26ClN3O2/c1-19-7-2-5-10-25(19)33-16-6-15-30-24-9-4-3-8-23(24)29-27(30)20-17-26(32)31(18-20)22-13-11-21(28)12-14-22/h2-5,7-14,20H,6,15-18H2,1H3/t20-/m0/s1. The van der Waals surface area contributed by atoms with Crippen LogP contribution in [0.1, 0.15) is 30.1 Å². The van der Waals surface area contributed by atoms with Crippen molar-refractivity contribution in [2.45, 2.75) is 32.2 Å². The number of para-hydroxylation sites is 3. The second-order valence-electron chi connectivity index (χ2n) is 8.46. The van der Waals surface area contributed by atoms with Crippen LogP contribution < -0.4 is 9.64 Å². The molecule has 4 aromatic rings. The minimum Gasteiger partial charge on any atom is -0.493 e. The first kappa shape index (κ1) is 21.5. The van der Waals surface area contributed by atoms with Crippen LogP contribution in [0.2, 0.25) is 5.02 Å². The summed E-state index contributed by atoms with van der Waals surface area (Å²) in [6, 6.07) is 23.7. The lowest BCUT2D eigenvalue weighted by molar-refractivity contribution is -0.117. The van der Waals surface area contributed by atoms with E-state index in [9.17, 15) is 4.79 Å². The van der Waals surface area contributed by atoms with Crippen molar-refractivity contribution in [1.82, 2.24) is 9.55 Å². The highest BCUT2D eigenvalue weighted by Crippen LogP contribution is 2.33. The summed E-state index contributed by atoms with van der Waals surface area (Å²) in [5.74, 6) is 2.05. The number of carbonyl (C=O) groups is 1. The molecule has 1 fully saturated rings. The van der Waals surface area contributed by atoms with E-state index in [1.165, 1.54) is 0 Å². The van der Waals surface area contributed by atoms with Crippen molar-refractivity contribution in [3.05, 3.63) is 89.2 Å². The second kappa shape index (κ2) is 9.28. The smallest absolute Gasteiger partial charge is 0.227 e. The third-order valence-electron chi connectivity index (χ3n) is 6.19. The number of aromatic nitrogens is 2. The number of imidazole rings is 1. The number of carbonyl (C=O) groups excluding carboxylic acids is 1. The second-order valence-corrected chi connectivity index (χ2v) is 8.90. The lowest BCUT2D eigenvalue weighted by Crippen LogP contribution is -2.24. The fourth-order valence-corrected chi connectivity index (χ4v) is 4.64. The van der Waals surface area contributed by atoms with Gasteiger partial charge in [-0.1, -0.05) is 41.9 Å². The van der Waals surface area contributed by atoms with Crippen molar-refractivity contribution < 1.29 is 9.53 Å². The molecule has 0 N–H and O–H groups in total. The number of hydrogen-bond acceptors (Lipinski definition) is 3. The number of anilines is 1. The van der Waals surface area contributed by atoms with Gasteiger partial charge in [0.25, 0.3) is 0 Å². The first-order chi connectivity index (χ1) is 16.1. The molecule has 5 nitrogen and oxygen atoms in total. The maximum absolute atomic E-state index is 12.9. The molecule has 0 radical (unpaired) electrons. The zero-order valence-corrected chi connectivity index (χ0v) is 19.3. The van der Waals surface area contributed by atoms with Gasteiger partial charge in [-0.2, -0.15) is 0 Å². The predicted octanol–water partition coefficient (Wildman–Crippen LogP) is 5.99. The van der Waals surface area contributed by atoms with E-state index >= 15 is 0 Å². The normalized spacial score (nSPS) is 16.0. The largest absolute Gasteiger partial charge is 0.493 e. The molecule has 1 amide bonds. The van der Waals surface area contributed by atoms with Gasteiger partial charge in [-0.3, -0.25) is 4.79 Å². The van der Waals surface area contributed by atoms with Crippen molar-refractivity contribution in [3.8, 4) is 5.75 Å². The Morgan fingerprint density at radius 2 is 1.79 bits per heavy atom. The van der Waals surface area contributed by atoms with Crippen molar-refractivity contribution in [2.75, 3.05) is 18.1 Å². The molecule has 0 aliphatic carbocycles. The van der Waals surface area contributed by atoms with E-state index in [0.717, 1.165) is 46.8 Å². The molecule has 5 rings (SSSR count). The van der Waals surface area contributed by atoms with E-state index in [1.54, 1.807) is 0 Å². The Morgan fingerprint density at radius 3 is 2.61 bits per heavy atom. The van der Waals surface area contributed by atoms with Gasteiger partial charge in [0.05, 0.1) is 17.6 Å². The van der Waals surface area contributed by atoms with Crippen molar-refractivity contribution in [2.24, 2.45) is 0 Å². The maximum atomic E-state index is 12.9. The quantitative estimate of drug-likeness (QED) is 0.319. The van der Waals surface area contributed by atoms with Crippen molar-refractivity contribution in [1.29, 1.82) is 0 Å². The third-order valence-corrected chi connectivity index (χ3v) is 6.44. The van der Waals surface area contributed by atoms with Crippen LogP contribution in [-0.2, 0) is 11.3 Å². The molecule has 1 saturated heterocycles. The minimum absolute atomic E-state index is 0.0397. The van der Waals surface area contributed by atoms with Gasteiger partial charge in [0.15, 0.2) is 0 Å². The van der Waals surface area contributed by atoms with Crippen molar-refractivity contribution in [3.63, 3.8) is 0 Å². The summed E-state index contributed by atoms with van der Waals surface area (Å²) < 4.78 is 8.27. The third kappa shape index (κ3) is 4.46. The molecule has 2 heterocycles. The highest BCUT2D eigenvalue weighted by Gasteiger charge is 2.34. The fourth-order valence-electron chi connectivity index (χ4n) is 4.52. The molecule has 0 saturated carbocycles. The van der Waals surface area contributed by atoms with Gasteiger partial charge in [-0.25, -0.2) is 4.98 Å². The summed E-state index contributed by atoms with van der Waals surface area (Å²) in [6.45, 7) is 4.08. The fraction of sp³-hybridized carbons (Fsp3) is 0.259. The van der Waals surface area contributed by atoms with Gasteiger partial charge in [0.2, 0.25) is 5.91 Å². The summed E-state index contributed by atoms with van der Waals surface area (Å²) in [4.78, 5) is 19.6. The molecule has 168 valence electrons. The number of aryl methyl sites for hydroxylation is 2. The molecule has 0 spiro atoms. The highest BCUT2D eigenvalue weighted by atomic mass is 35.5. The van der Waals surface area contributed by atoms with E-state index in [1.807, 2.05) is 65.6 Å². The summed E-state index contributed by atoms with van der Waals surface area (Å²) in [5.41, 5.74) is 4.07. The van der Waals surface area contributed by atoms with Gasteiger partial charge in [-0.15, -0.1) is 0 Å². The number of fused-ring (bicyclic) bond motifs is 1. The number of amides is 1. The molecular formula is C27H26ClN3O2. The Morgan fingerprint density at radius 1 is 1.03 bits per heavy atom. The zero-order valence-electron chi connectivity index (χ0n) is 18.6. The van der Waals surface area contributed by atoms with Crippen LogP contribution in [0.5, 0.6) is 5.75 Å². The molecule has 6 heteroatoms. The molecule has 1 aliphatic heterocycles. The van der Waals surface area contributed by atoms with E-state index in [4.69, 9.17) is 21.3 Å². The number of rotatable bonds is 7. The Kier molecular flexibility index (Phi) is 6.05. The average Bonchev–Trinajstić information content (AvgIpc) is 3.39. The summed E-state index contributed by atoms with van der Waals surface area (Å²) in [7, 11) is 0. The van der Waals surface area contributed by atoms with Crippen LogP contribution in [0.3, 0.4) is 0 Å². The first-order valence-electron chi connectivity index (χ1n) is 11.3. The number of nitrogens with zero attached hydrogens (tertiary/aromatic N) is 3. The topological polar surface area (TPSA) is 47.4 Å². The Hall–Kier alpha value is -3.31. The Balaban J connectivity index is 1.35. The van der Waals surface area contributed by atoms with Gasteiger partial charge >= 0.3 is 0 Å². The van der Waals surface area contributed by atoms with Crippen LogP contribution >= 0.6 is 11.6 Å². The van der Waals surface area contributed by atoms with Crippen molar-refractivity contribution >= 4 is 34.2 Å². The number of halogens is 1. The molecule has 1 atom stereocenters. The molecule has 1 aliphatic rings. The van der Waals surface area contributed by atoms with Gasteiger partial charge < -0.3 is 14.2 Å². The monoisotopic (exact) mass is 459 g/mol. The number of hydrogen-bond donors (Lipinski definition) is 0. The molecule has 33 heavy (non-hydrogen) atoms. The number of benzene rings is 3. The van der Waals surface area contributed by atoms with Crippen LogP contribution in [0, 0.1) is 6.92 Å². The molecular weight excluding hydrogens is 434 g/mol. The molecule has 3 aromatic carbocycles. The van der Waals surface area contributed by atoms with Crippen LogP contribution in [0.15, 0.2) is 72.8 Å². The molecule has 0 bridgehead atoms. The van der Waals surface area contributed by atoms with E-state index in [0.29, 0.717) is 24.6 Å². The molecule has 1 aromatic heterocycles.